The molecule has 1 aliphatic rings. The summed E-state index contributed by atoms with van der Waals surface area (Å²) in [6.07, 6.45) is 4.05. The molecule has 1 rings (SSSR count). The average Bonchev–Trinajstić information content (AvgIpc) is 2.29. The number of methoxy groups -OCH3 is 1. The van der Waals surface area contributed by atoms with E-state index in [0.29, 0.717) is 19.4 Å². The van der Waals surface area contributed by atoms with E-state index in [1.165, 1.54) is 0 Å². The van der Waals surface area contributed by atoms with E-state index in [2.05, 4.69) is 6.92 Å². The predicted octanol–water partition coefficient (Wildman–Crippen LogP) is 1.18. The van der Waals surface area contributed by atoms with E-state index >= 15 is 0 Å². The summed E-state index contributed by atoms with van der Waals surface area (Å²) in [5, 5.41) is 8.67. The molecule has 4 nitrogen and oxygen atoms in total. The minimum Gasteiger partial charge on any atom is -0.396 e. The zero-order valence-corrected chi connectivity index (χ0v) is 10.4. The van der Waals surface area contributed by atoms with Gasteiger partial charge in [-0.05, 0) is 32.6 Å². The molecule has 0 aromatic rings. The smallest absolute Gasteiger partial charge is 0.222 e. The lowest BCUT2D eigenvalue weighted by molar-refractivity contribution is -0.139. The summed E-state index contributed by atoms with van der Waals surface area (Å²) >= 11 is 0. The molecule has 16 heavy (non-hydrogen) atoms. The molecule has 0 spiro atoms. The van der Waals surface area contributed by atoms with E-state index in [0.717, 1.165) is 25.8 Å². The van der Waals surface area contributed by atoms with Crippen molar-refractivity contribution in [1.82, 2.24) is 4.90 Å². The summed E-state index contributed by atoms with van der Waals surface area (Å²) in [6, 6.07) is 0. The first-order chi connectivity index (χ1) is 7.61. The van der Waals surface area contributed by atoms with Crippen molar-refractivity contribution < 1.29 is 14.6 Å². The van der Waals surface area contributed by atoms with Crippen LogP contribution in [0.2, 0.25) is 0 Å². The number of likely N-dealkylation sites (tertiary alicyclic amines) is 1. The van der Waals surface area contributed by atoms with Gasteiger partial charge in [-0.15, -0.1) is 0 Å². The Morgan fingerprint density at radius 1 is 1.50 bits per heavy atom. The first-order valence-corrected chi connectivity index (χ1v) is 6.05. The van der Waals surface area contributed by atoms with E-state index in [1.807, 2.05) is 4.90 Å². The van der Waals surface area contributed by atoms with Gasteiger partial charge in [-0.1, -0.05) is 0 Å². The van der Waals surface area contributed by atoms with Crippen LogP contribution in [0, 0.1) is 0 Å². The molecule has 0 bridgehead atoms. The number of aliphatic hydroxyl groups is 1. The summed E-state index contributed by atoms with van der Waals surface area (Å²) in [7, 11) is 1.71. The van der Waals surface area contributed by atoms with Crippen LogP contribution in [0.4, 0.5) is 0 Å². The second kappa shape index (κ2) is 6.21. The SMILES string of the molecule is COC1(C)CCCN(C(=O)CCCCO)C1. The maximum atomic E-state index is 11.9. The zero-order chi connectivity index (χ0) is 12.0. The van der Waals surface area contributed by atoms with Crippen LogP contribution in [0.5, 0.6) is 0 Å². The van der Waals surface area contributed by atoms with Gasteiger partial charge in [0.2, 0.25) is 5.91 Å². The fourth-order valence-electron chi connectivity index (χ4n) is 2.13. The quantitative estimate of drug-likeness (QED) is 0.720. The van der Waals surface area contributed by atoms with Crippen LogP contribution in [0.1, 0.15) is 39.0 Å². The van der Waals surface area contributed by atoms with Gasteiger partial charge in [-0.3, -0.25) is 4.79 Å². The van der Waals surface area contributed by atoms with E-state index in [-0.39, 0.29) is 18.1 Å². The van der Waals surface area contributed by atoms with Crippen molar-refractivity contribution in [3.8, 4) is 0 Å². The molecule has 1 saturated heterocycles. The third-order valence-electron chi connectivity index (χ3n) is 3.30. The second-order valence-electron chi connectivity index (χ2n) is 4.75. The monoisotopic (exact) mass is 229 g/mol. The van der Waals surface area contributed by atoms with Gasteiger partial charge in [0.05, 0.1) is 5.60 Å². The summed E-state index contributed by atoms with van der Waals surface area (Å²) in [5.41, 5.74) is -0.176. The zero-order valence-electron chi connectivity index (χ0n) is 10.4. The van der Waals surface area contributed by atoms with Crippen LogP contribution in [-0.2, 0) is 9.53 Å². The lowest BCUT2D eigenvalue weighted by Gasteiger charge is -2.39. The Labute approximate surface area is 97.6 Å². The van der Waals surface area contributed by atoms with E-state index in [1.54, 1.807) is 7.11 Å². The van der Waals surface area contributed by atoms with Crippen LogP contribution in [-0.4, -0.2) is 48.3 Å². The van der Waals surface area contributed by atoms with Crippen molar-refractivity contribution in [2.24, 2.45) is 0 Å². The molecular weight excluding hydrogens is 206 g/mol. The Morgan fingerprint density at radius 2 is 2.25 bits per heavy atom. The number of carbonyl (C=O) groups is 1. The third kappa shape index (κ3) is 3.76. The lowest BCUT2D eigenvalue weighted by atomic mass is 9.94. The van der Waals surface area contributed by atoms with Crippen molar-refractivity contribution in [3.05, 3.63) is 0 Å². The highest BCUT2D eigenvalue weighted by atomic mass is 16.5. The number of nitrogens with zero attached hydrogens (tertiary/aromatic N) is 1. The minimum absolute atomic E-state index is 0.170. The molecule has 1 aliphatic heterocycles. The van der Waals surface area contributed by atoms with Crippen LogP contribution in [0.25, 0.3) is 0 Å². The number of aliphatic hydroxyl groups excluding tert-OH is 1. The fraction of sp³-hybridized carbons (Fsp3) is 0.917. The van der Waals surface area contributed by atoms with Crippen molar-refractivity contribution in [2.45, 2.75) is 44.6 Å². The third-order valence-corrected chi connectivity index (χ3v) is 3.30. The highest BCUT2D eigenvalue weighted by Crippen LogP contribution is 2.24. The summed E-state index contributed by atoms with van der Waals surface area (Å²) in [4.78, 5) is 13.8. The van der Waals surface area contributed by atoms with Crippen molar-refractivity contribution in [2.75, 3.05) is 26.8 Å². The largest absolute Gasteiger partial charge is 0.396 e. The minimum atomic E-state index is -0.176. The van der Waals surface area contributed by atoms with Crippen LogP contribution >= 0.6 is 0 Å². The van der Waals surface area contributed by atoms with Gasteiger partial charge in [0.15, 0.2) is 0 Å². The Kier molecular flexibility index (Phi) is 5.22. The van der Waals surface area contributed by atoms with E-state index in [4.69, 9.17) is 9.84 Å². The van der Waals surface area contributed by atoms with Crippen LogP contribution in [0.15, 0.2) is 0 Å². The maximum Gasteiger partial charge on any atom is 0.222 e. The normalized spacial score (nSPS) is 25.8. The molecule has 1 N–H and O–H groups in total. The molecule has 1 unspecified atom stereocenters. The molecule has 0 radical (unpaired) electrons. The van der Waals surface area contributed by atoms with E-state index in [9.17, 15) is 4.79 Å². The van der Waals surface area contributed by atoms with Gasteiger partial charge in [-0.2, -0.15) is 0 Å². The predicted molar refractivity (Wildman–Crippen MR) is 62.2 cm³/mol. The summed E-state index contributed by atoms with van der Waals surface area (Å²) in [6.45, 7) is 3.77. The number of piperidine rings is 1. The van der Waals surface area contributed by atoms with Crippen LogP contribution in [0.3, 0.4) is 0 Å². The molecular formula is C12H23NO3. The molecule has 0 aromatic carbocycles. The Bertz CT molecular complexity index is 232. The van der Waals surface area contributed by atoms with Gasteiger partial charge < -0.3 is 14.7 Å². The molecule has 1 heterocycles. The maximum absolute atomic E-state index is 11.9. The van der Waals surface area contributed by atoms with Gasteiger partial charge in [0, 0.05) is 33.2 Å². The highest BCUT2D eigenvalue weighted by molar-refractivity contribution is 5.76. The molecule has 4 heteroatoms. The fourth-order valence-corrected chi connectivity index (χ4v) is 2.13. The topological polar surface area (TPSA) is 49.8 Å². The Balaban J connectivity index is 2.38. The molecule has 1 atom stereocenters. The summed E-state index contributed by atoms with van der Waals surface area (Å²) < 4.78 is 5.45. The second-order valence-corrected chi connectivity index (χ2v) is 4.75. The first kappa shape index (κ1) is 13.5. The van der Waals surface area contributed by atoms with Crippen molar-refractivity contribution in [3.63, 3.8) is 0 Å². The molecule has 0 aliphatic carbocycles. The first-order valence-electron chi connectivity index (χ1n) is 6.05. The van der Waals surface area contributed by atoms with Crippen molar-refractivity contribution in [1.29, 1.82) is 0 Å². The number of rotatable bonds is 5. The standard InChI is InChI=1S/C12H23NO3/c1-12(16-2)7-5-8-13(10-12)11(15)6-3-4-9-14/h14H,3-10H2,1-2H3. The highest BCUT2D eigenvalue weighted by Gasteiger charge is 2.32. The van der Waals surface area contributed by atoms with Gasteiger partial charge in [0.1, 0.15) is 0 Å². The molecule has 1 fully saturated rings. The lowest BCUT2D eigenvalue weighted by Crippen LogP contribution is -2.49. The molecule has 1 amide bonds. The number of hydrogen-bond acceptors (Lipinski definition) is 3. The number of unbranched alkanes of at least 4 members (excludes halogenated alkanes) is 1. The Morgan fingerprint density at radius 3 is 2.88 bits per heavy atom. The Hall–Kier alpha value is -0.610. The number of ether oxygens (including phenoxy) is 1. The van der Waals surface area contributed by atoms with Crippen molar-refractivity contribution >= 4 is 5.91 Å². The molecule has 0 aromatic heterocycles. The number of carbonyl (C=O) groups excluding carboxylic acids is 1. The van der Waals surface area contributed by atoms with Gasteiger partial charge in [0.25, 0.3) is 0 Å². The molecule has 0 saturated carbocycles. The van der Waals surface area contributed by atoms with E-state index < -0.39 is 0 Å². The average molecular weight is 229 g/mol. The molecule has 94 valence electrons. The number of hydrogen-bond donors (Lipinski definition) is 1. The number of amides is 1. The van der Waals surface area contributed by atoms with Gasteiger partial charge >= 0.3 is 0 Å². The van der Waals surface area contributed by atoms with Crippen LogP contribution < -0.4 is 0 Å². The summed E-state index contributed by atoms with van der Waals surface area (Å²) in [5.74, 6) is 0.191. The van der Waals surface area contributed by atoms with Gasteiger partial charge in [-0.25, -0.2) is 0 Å².